The molecule has 0 spiro atoms. The van der Waals surface area contributed by atoms with E-state index in [1.54, 1.807) is 14.2 Å². The van der Waals surface area contributed by atoms with Gasteiger partial charge in [-0.3, -0.25) is 0 Å². The van der Waals surface area contributed by atoms with Crippen molar-refractivity contribution in [2.24, 2.45) is 11.8 Å². The first-order chi connectivity index (χ1) is 6.54. The Labute approximate surface area is 90.0 Å². The maximum atomic E-state index is 4.85. The molecule has 0 aromatic rings. The van der Waals surface area contributed by atoms with E-state index in [-0.39, 0.29) is 0 Å². The van der Waals surface area contributed by atoms with E-state index in [1.807, 2.05) is 0 Å². The molecule has 0 aliphatic carbocycles. The topological polar surface area (TPSA) is 18.5 Å². The van der Waals surface area contributed by atoms with Crippen LogP contribution >= 0.6 is 0 Å². The summed E-state index contributed by atoms with van der Waals surface area (Å²) in [6.07, 6.45) is 2.35. The molecule has 0 amide bonds. The van der Waals surface area contributed by atoms with Gasteiger partial charge in [-0.1, -0.05) is 27.7 Å². The quantitative estimate of drug-likeness (QED) is 0.660. The molecule has 0 N–H and O–H groups in total. The molecule has 0 bridgehead atoms. The van der Waals surface area contributed by atoms with Gasteiger partial charge in [-0.2, -0.15) is 0 Å². The van der Waals surface area contributed by atoms with Crippen LogP contribution in [0.25, 0.3) is 0 Å². The third kappa shape index (κ3) is 22.7. The predicted octanol–water partition coefficient (Wildman–Crippen LogP) is 3.36. The third-order valence-electron chi connectivity index (χ3n) is 1.80. The van der Waals surface area contributed by atoms with Gasteiger partial charge >= 0.3 is 0 Å². The molecular formula is C12H28O2. The van der Waals surface area contributed by atoms with Gasteiger partial charge < -0.3 is 9.47 Å². The van der Waals surface area contributed by atoms with Gasteiger partial charge in [0.15, 0.2) is 0 Å². The van der Waals surface area contributed by atoms with E-state index < -0.39 is 0 Å². The highest BCUT2D eigenvalue weighted by Gasteiger charge is 1.89. The van der Waals surface area contributed by atoms with Crippen molar-refractivity contribution in [3.05, 3.63) is 0 Å². The van der Waals surface area contributed by atoms with Gasteiger partial charge in [0, 0.05) is 27.4 Å². The van der Waals surface area contributed by atoms with Gasteiger partial charge in [0.2, 0.25) is 0 Å². The van der Waals surface area contributed by atoms with E-state index >= 15 is 0 Å². The van der Waals surface area contributed by atoms with Crippen LogP contribution in [0.5, 0.6) is 0 Å². The van der Waals surface area contributed by atoms with E-state index in [4.69, 9.17) is 9.47 Å². The summed E-state index contributed by atoms with van der Waals surface area (Å²) in [5.41, 5.74) is 0. The molecule has 0 aromatic heterocycles. The molecule has 88 valence electrons. The molecule has 14 heavy (non-hydrogen) atoms. The summed E-state index contributed by atoms with van der Waals surface area (Å²) in [6, 6.07) is 0. The van der Waals surface area contributed by atoms with Crippen molar-refractivity contribution in [3.8, 4) is 0 Å². The molecule has 0 aliphatic rings. The smallest absolute Gasteiger partial charge is 0.0464 e. The summed E-state index contributed by atoms with van der Waals surface area (Å²) >= 11 is 0. The van der Waals surface area contributed by atoms with Crippen molar-refractivity contribution >= 4 is 0 Å². The highest BCUT2D eigenvalue weighted by Crippen LogP contribution is 1.97. The minimum atomic E-state index is 0.778. The van der Waals surface area contributed by atoms with Crippen molar-refractivity contribution in [1.29, 1.82) is 0 Å². The summed E-state index contributed by atoms with van der Waals surface area (Å²) in [4.78, 5) is 0. The second-order valence-electron chi connectivity index (χ2n) is 4.35. The average Bonchev–Trinajstić information content (AvgIpc) is 2.12. The van der Waals surface area contributed by atoms with Crippen LogP contribution in [0.2, 0.25) is 0 Å². The lowest BCUT2D eigenvalue weighted by atomic mass is 10.1. The maximum Gasteiger partial charge on any atom is 0.0464 e. The average molecular weight is 204 g/mol. The Morgan fingerprint density at radius 3 is 1.07 bits per heavy atom. The fourth-order valence-electron chi connectivity index (χ4n) is 0.707. The monoisotopic (exact) mass is 204 g/mol. The minimum Gasteiger partial charge on any atom is -0.385 e. The first-order valence-electron chi connectivity index (χ1n) is 5.52. The molecule has 0 saturated carbocycles. The van der Waals surface area contributed by atoms with Crippen LogP contribution in [0.4, 0.5) is 0 Å². The van der Waals surface area contributed by atoms with Crippen LogP contribution in [0, 0.1) is 11.8 Å². The van der Waals surface area contributed by atoms with Gasteiger partial charge in [-0.05, 0) is 24.7 Å². The molecule has 0 radical (unpaired) electrons. The Morgan fingerprint density at radius 1 is 0.714 bits per heavy atom. The molecule has 0 aromatic carbocycles. The lowest BCUT2D eigenvalue weighted by molar-refractivity contribution is 0.183. The first kappa shape index (κ1) is 16.4. The maximum absolute atomic E-state index is 4.85. The molecule has 0 heterocycles. The fourth-order valence-corrected chi connectivity index (χ4v) is 0.707. The van der Waals surface area contributed by atoms with Crippen molar-refractivity contribution in [3.63, 3.8) is 0 Å². The van der Waals surface area contributed by atoms with Crippen molar-refractivity contribution in [2.45, 2.75) is 40.5 Å². The van der Waals surface area contributed by atoms with E-state index in [2.05, 4.69) is 27.7 Å². The fraction of sp³-hybridized carbons (Fsp3) is 1.00. The molecular weight excluding hydrogens is 176 g/mol. The lowest BCUT2D eigenvalue weighted by Crippen LogP contribution is -1.93. The third-order valence-corrected chi connectivity index (χ3v) is 1.80. The van der Waals surface area contributed by atoms with Crippen LogP contribution < -0.4 is 0 Å². The predicted molar refractivity (Wildman–Crippen MR) is 62.7 cm³/mol. The number of hydrogen-bond acceptors (Lipinski definition) is 2. The van der Waals surface area contributed by atoms with Crippen LogP contribution in [0.1, 0.15) is 40.5 Å². The van der Waals surface area contributed by atoms with Crippen LogP contribution in [0.3, 0.4) is 0 Å². The molecule has 0 fully saturated rings. The van der Waals surface area contributed by atoms with Gasteiger partial charge in [0.25, 0.3) is 0 Å². The van der Waals surface area contributed by atoms with Crippen LogP contribution in [-0.4, -0.2) is 27.4 Å². The lowest BCUT2D eigenvalue weighted by Gasteiger charge is -1.99. The zero-order valence-corrected chi connectivity index (χ0v) is 10.8. The van der Waals surface area contributed by atoms with E-state index in [0.29, 0.717) is 0 Å². The number of methoxy groups -OCH3 is 2. The molecule has 0 rings (SSSR count). The van der Waals surface area contributed by atoms with Gasteiger partial charge in [-0.25, -0.2) is 0 Å². The van der Waals surface area contributed by atoms with E-state index in [9.17, 15) is 0 Å². The zero-order chi connectivity index (χ0) is 11.4. The molecule has 0 aliphatic heterocycles. The first-order valence-corrected chi connectivity index (χ1v) is 5.52. The van der Waals surface area contributed by atoms with Crippen molar-refractivity contribution < 1.29 is 9.47 Å². The Balaban J connectivity index is 0. The molecule has 0 saturated heterocycles. The SMILES string of the molecule is COCCC(C)C.COCCC(C)C. The van der Waals surface area contributed by atoms with E-state index in [1.165, 1.54) is 12.8 Å². The van der Waals surface area contributed by atoms with Gasteiger partial charge in [0.05, 0.1) is 0 Å². The summed E-state index contributed by atoms with van der Waals surface area (Å²) in [5, 5.41) is 0. The number of hydrogen-bond donors (Lipinski definition) is 0. The standard InChI is InChI=1S/2C6H14O/c2*1-6(2)4-5-7-3/h2*6H,4-5H2,1-3H3. The Bertz CT molecular complexity index is 78.3. The number of ether oxygens (including phenoxy) is 2. The minimum absolute atomic E-state index is 0.778. The largest absolute Gasteiger partial charge is 0.385 e. The van der Waals surface area contributed by atoms with Gasteiger partial charge in [0.1, 0.15) is 0 Å². The summed E-state index contributed by atoms with van der Waals surface area (Å²) < 4.78 is 9.71. The second-order valence-corrected chi connectivity index (χ2v) is 4.35. The van der Waals surface area contributed by atoms with Crippen LogP contribution in [-0.2, 0) is 9.47 Å². The summed E-state index contributed by atoms with van der Waals surface area (Å²) in [7, 11) is 3.48. The highest BCUT2D eigenvalue weighted by atomic mass is 16.5. The molecule has 0 atom stereocenters. The Hall–Kier alpha value is -0.0800. The number of rotatable bonds is 6. The zero-order valence-electron chi connectivity index (χ0n) is 10.8. The highest BCUT2D eigenvalue weighted by molar-refractivity contribution is 4.40. The van der Waals surface area contributed by atoms with Crippen LogP contribution in [0.15, 0.2) is 0 Å². The molecule has 0 unspecified atom stereocenters. The Kier molecular flexibility index (Phi) is 15.1. The summed E-state index contributed by atoms with van der Waals surface area (Å²) in [6.45, 7) is 10.6. The normalized spacial score (nSPS) is 10.3. The second kappa shape index (κ2) is 12.9. The van der Waals surface area contributed by atoms with Crippen molar-refractivity contribution in [2.75, 3.05) is 27.4 Å². The molecule has 2 nitrogen and oxygen atoms in total. The van der Waals surface area contributed by atoms with Crippen molar-refractivity contribution in [1.82, 2.24) is 0 Å². The Morgan fingerprint density at radius 2 is 1.00 bits per heavy atom. The molecule has 2 heteroatoms. The van der Waals surface area contributed by atoms with E-state index in [0.717, 1.165) is 25.0 Å². The summed E-state index contributed by atoms with van der Waals surface area (Å²) in [5.74, 6) is 1.56. The van der Waals surface area contributed by atoms with Gasteiger partial charge in [-0.15, -0.1) is 0 Å².